The summed E-state index contributed by atoms with van der Waals surface area (Å²) in [6.45, 7) is 5.52. The van der Waals surface area contributed by atoms with Gasteiger partial charge in [0.15, 0.2) is 0 Å². The number of carbonyl (C=O) groups is 1. The van der Waals surface area contributed by atoms with Gasteiger partial charge in [-0.15, -0.1) is 12.4 Å². The normalized spacial score (nSPS) is 22.6. The molecule has 3 N–H and O–H groups in total. The fraction of sp³-hybridized carbons (Fsp3) is 0.917. The number of hydrogen-bond acceptors (Lipinski definition) is 3. The first-order chi connectivity index (χ1) is 7.58. The maximum atomic E-state index is 11.6. The van der Waals surface area contributed by atoms with Crippen molar-refractivity contribution >= 4 is 18.3 Å². The molecule has 1 heterocycles. The molecule has 17 heavy (non-hydrogen) atoms. The van der Waals surface area contributed by atoms with Crippen LogP contribution >= 0.6 is 12.4 Å². The minimum atomic E-state index is -0.289. The van der Waals surface area contributed by atoms with E-state index in [-0.39, 0.29) is 24.4 Å². The molecule has 3 unspecified atom stereocenters. The second-order valence-corrected chi connectivity index (χ2v) is 4.99. The second-order valence-electron chi connectivity index (χ2n) is 4.99. The molecule has 102 valence electrons. The lowest BCUT2D eigenvalue weighted by Gasteiger charge is -2.15. The Hall–Kier alpha value is -0.320. The number of hydrogen-bond donors (Lipinski definition) is 3. The fourth-order valence-corrected chi connectivity index (χ4v) is 2.18. The van der Waals surface area contributed by atoms with Crippen molar-refractivity contribution in [3.8, 4) is 0 Å². The van der Waals surface area contributed by atoms with Gasteiger partial charge < -0.3 is 15.7 Å². The van der Waals surface area contributed by atoms with Crippen LogP contribution in [-0.2, 0) is 4.79 Å². The van der Waals surface area contributed by atoms with Gasteiger partial charge in [-0.3, -0.25) is 4.79 Å². The van der Waals surface area contributed by atoms with E-state index in [1.165, 1.54) is 6.42 Å². The number of carbonyl (C=O) groups excluding carboxylic acids is 1. The summed E-state index contributed by atoms with van der Waals surface area (Å²) >= 11 is 0. The van der Waals surface area contributed by atoms with Gasteiger partial charge in [0.2, 0.25) is 5.91 Å². The van der Waals surface area contributed by atoms with Crippen LogP contribution in [0.15, 0.2) is 0 Å². The highest BCUT2D eigenvalue weighted by Gasteiger charge is 2.17. The highest BCUT2D eigenvalue weighted by atomic mass is 35.5. The smallest absolute Gasteiger partial charge is 0.221 e. The zero-order chi connectivity index (χ0) is 12.0. The van der Waals surface area contributed by atoms with Crippen LogP contribution in [0, 0.1) is 5.92 Å². The highest BCUT2D eigenvalue weighted by Crippen LogP contribution is 2.09. The van der Waals surface area contributed by atoms with Crippen molar-refractivity contribution in [2.75, 3.05) is 13.1 Å². The van der Waals surface area contributed by atoms with Crippen LogP contribution in [0.3, 0.4) is 0 Å². The number of amides is 1. The van der Waals surface area contributed by atoms with E-state index in [4.69, 9.17) is 0 Å². The van der Waals surface area contributed by atoms with Crippen LogP contribution in [0.5, 0.6) is 0 Å². The number of aliphatic hydroxyl groups excluding tert-OH is 1. The fourth-order valence-electron chi connectivity index (χ4n) is 2.18. The summed E-state index contributed by atoms with van der Waals surface area (Å²) in [7, 11) is 0. The van der Waals surface area contributed by atoms with Gasteiger partial charge in [0, 0.05) is 19.0 Å². The minimum absolute atomic E-state index is 0. The quantitative estimate of drug-likeness (QED) is 0.673. The van der Waals surface area contributed by atoms with Gasteiger partial charge in [0.05, 0.1) is 6.10 Å². The Morgan fingerprint density at radius 3 is 2.76 bits per heavy atom. The lowest BCUT2D eigenvalue weighted by molar-refractivity contribution is -0.121. The number of aliphatic hydroxyl groups is 1. The van der Waals surface area contributed by atoms with E-state index in [0.717, 1.165) is 19.4 Å². The van der Waals surface area contributed by atoms with Gasteiger partial charge in [-0.1, -0.05) is 6.92 Å². The number of nitrogens with one attached hydrogen (secondary N) is 2. The van der Waals surface area contributed by atoms with Crippen molar-refractivity contribution in [2.24, 2.45) is 5.92 Å². The van der Waals surface area contributed by atoms with Gasteiger partial charge in [-0.25, -0.2) is 0 Å². The molecular formula is C12H25ClN2O2. The molecular weight excluding hydrogens is 240 g/mol. The van der Waals surface area contributed by atoms with E-state index >= 15 is 0 Å². The highest BCUT2D eigenvalue weighted by molar-refractivity contribution is 5.85. The van der Waals surface area contributed by atoms with Gasteiger partial charge in [-0.2, -0.15) is 0 Å². The van der Waals surface area contributed by atoms with E-state index in [0.29, 0.717) is 24.9 Å². The maximum absolute atomic E-state index is 11.6. The molecule has 0 bridgehead atoms. The van der Waals surface area contributed by atoms with E-state index in [1.807, 2.05) is 6.92 Å². The average Bonchev–Trinajstić information content (AvgIpc) is 2.66. The lowest BCUT2D eigenvalue weighted by Crippen LogP contribution is -2.34. The second kappa shape index (κ2) is 8.72. The molecule has 0 aromatic heterocycles. The Kier molecular flexibility index (Phi) is 8.56. The summed E-state index contributed by atoms with van der Waals surface area (Å²) < 4.78 is 0. The zero-order valence-corrected chi connectivity index (χ0v) is 11.6. The van der Waals surface area contributed by atoms with Crippen LogP contribution in [0.2, 0.25) is 0 Å². The molecule has 0 spiro atoms. The molecule has 0 aromatic rings. The molecule has 1 fully saturated rings. The standard InChI is InChI=1S/C12H24N2O2.ClH/c1-9(6-10(2)15)8-14-12(16)7-11-4-3-5-13-11;/h9-11,13,15H,3-8H2,1-2H3,(H,14,16);1H. The first-order valence-electron chi connectivity index (χ1n) is 6.26. The monoisotopic (exact) mass is 264 g/mol. The topological polar surface area (TPSA) is 61.4 Å². The SMILES string of the molecule is CC(O)CC(C)CNC(=O)CC1CCCN1.Cl. The molecule has 0 aromatic carbocycles. The van der Waals surface area contributed by atoms with Crippen LogP contribution < -0.4 is 10.6 Å². The van der Waals surface area contributed by atoms with E-state index in [1.54, 1.807) is 6.92 Å². The number of rotatable bonds is 6. The van der Waals surface area contributed by atoms with Crippen molar-refractivity contribution in [1.29, 1.82) is 0 Å². The van der Waals surface area contributed by atoms with E-state index < -0.39 is 0 Å². The predicted molar refractivity (Wildman–Crippen MR) is 71.4 cm³/mol. The van der Waals surface area contributed by atoms with Crippen molar-refractivity contribution in [3.63, 3.8) is 0 Å². The number of halogens is 1. The molecule has 0 aliphatic carbocycles. The summed E-state index contributed by atoms with van der Waals surface area (Å²) in [6.07, 6.45) is 3.32. The largest absolute Gasteiger partial charge is 0.393 e. The van der Waals surface area contributed by atoms with E-state index in [2.05, 4.69) is 10.6 Å². The lowest BCUT2D eigenvalue weighted by atomic mass is 10.0. The average molecular weight is 265 g/mol. The molecule has 1 saturated heterocycles. The summed E-state index contributed by atoms with van der Waals surface area (Å²) in [5, 5.41) is 15.4. The molecule has 5 heteroatoms. The van der Waals surface area contributed by atoms with Gasteiger partial charge in [0.1, 0.15) is 0 Å². The molecule has 1 amide bonds. The summed E-state index contributed by atoms with van der Waals surface area (Å²) in [4.78, 5) is 11.6. The van der Waals surface area contributed by atoms with Crippen molar-refractivity contribution in [1.82, 2.24) is 10.6 Å². The van der Waals surface area contributed by atoms with Gasteiger partial charge in [0.25, 0.3) is 0 Å². The maximum Gasteiger partial charge on any atom is 0.221 e. The van der Waals surface area contributed by atoms with Crippen LogP contribution in [0.1, 0.15) is 39.5 Å². The van der Waals surface area contributed by atoms with Gasteiger partial charge in [-0.05, 0) is 38.6 Å². The summed E-state index contributed by atoms with van der Waals surface area (Å²) in [6, 6.07) is 0.368. The molecule has 0 saturated carbocycles. The van der Waals surface area contributed by atoms with Crippen LogP contribution in [0.4, 0.5) is 0 Å². The Bertz CT molecular complexity index is 219. The molecule has 3 atom stereocenters. The zero-order valence-electron chi connectivity index (χ0n) is 10.7. The van der Waals surface area contributed by atoms with Crippen molar-refractivity contribution in [2.45, 2.75) is 51.7 Å². The molecule has 4 nitrogen and oxygen atoms in total. The Labute approximate surface area is 110 Å². The van der Waals surface area contributed by atoms with Crippen molar-refractivity contribution < 1.29 is 9.90 Å². The molecule has 0 radical (unpaired) electrons. The first kappa shape index (κ1) is 16.7. The third kappa shape index (κ3) is 7.58. The Morgan fingerprint density at radius 1 is 1.53 bits per heavy atom. The van der Waals surface area contributed by atoms with Crippen LogP contribution in [-0.4, -0.2) is 36.2 Å². The minimum Gasteiger partial charge on any atom is -0.393 e. The Morgan fingerprint density at radius 2 is 2.24 bits per heavy atom. The molecule has 1 rings (SSSR count). The summed E-state index contributed by atoms with van der Waals surface area (Å²) in [5.41, 5.74) is 0. The van der Waals surface area contributed by atoms with E-state index in [9.17, 15) is 9.90 Å². The molecule has 1 aliphatic rings. The van der Waals surface area contributed by atoms with Crippen molar-refractivity contribution in [3.05, 3.63) is 0 Å². The van der Waals surface area contributed by atoms with Gasteiger partial charge >= 0.3 is 0 Å². The third-order valence-electron chi connectivity index (χ3n) is 2.99. The van der Waals surface area contributed by atoms with Crippen LogP contribution in [0.25, 0.3) is 0 Å². The summed E-state index contributed by atoms with van der Waals surface area (Å²) in [5.74, 6) is 0.456. The predicted octanol–water partition coefficient (Wildman–Crippen LogP) is 1.07. The Balaban J connectivity index is 0.00000256. The third-order valence-corrected chi connectivity index (χ3v) is 2.99. The molecule has 1 aliphatic heterocycles. The first-order valence-corrected chi connectivity index (χ1v) is 6.26.